The Morgan fingerprint density at radius 1 is 1.24 bits per heavy atom. The van der Waals surface area contributed by atoms with E-state index in [0.717, 1.165) is 32.1 Å². The summed E-state index contributed by atoms with van der Waals surface area (Å²) in [4.78, 5) is 22.9. The molecule has 2 atom stereocenters. The van der Waals surface area contributed by atoms with Gasteiger partial charge in [-0.1, -0.05) is 46.1 Å². The number of rotatable bonds is 12. The fourth-order valence-corrected chi connectivity index (χ4v) is 2.54. The van der Waals surface area contributed by atoms with Gasteiger partial charge < -0.3 is 10.4 Å². The number of carboxylic acids is 1. The van der Waals surface area contributed by atoms with Gasteiger partial charge in [0.25, 0.3) is 0 Å². The number of carbonyl (C=O) groups is 2. The predicted octanol–water partition coefficient (Wildman–Crippen LogP) is 3.76. The summed E-state index contributed by atoms with van der Waals surface area (Å²) in [6.07, 6.45) is 7.12. The second-order valence-electron chi connectivity index (χ2n) is 6.20. The second kappa shape index (κ2) is 11.4. The average Bonchev–Trinajstić information content (AvgIpc) is 2.35. The molecule has 0 rings (SSSR count). The Hall–Kier alpha value is -1.32. The van der Waals surface area contributed by atoms with Gasteiger partial charge in [0.2, 0.25) is 5.91 Å². The van der Waals surface area contributed by atoms with E-state index in [9.17, 15) is 9.59 Å². The van der Waals surface area contributed by atoms with E-state index in [-0.39, 0.29) is 30.7 Å². The van der Waals surface area contributed by atoms with Gasteiger partial charge >= 0.3 is 5.97 Å². The van der Waals surface area contributed by atoms with Gasteiger partial charge in [0.15, 0.2) is 0 Å². The summed E-state index contributed by atoms with van der Waals surface area (Å²) in [5.41, 5.74) is 0. The minimum absolute atomic E-state index is 0.00595. The van der Waals surface area contributed by atoms with E-state index in [1.807, 2.05) is 13.8 Å². The van der Waals surface area contributed by atoms with E-state index in [0.29, 0.717) is 5.92 Å². The number of hydrogen-bond donors (Lipinski definition) is 2. The maximum absolute atomic E-state index is 12.1. The van der Waals surface area contributed by atoms with Crippen molar-refractivity contribution in [3.63, 3.8) is 0 Å². The molecule has 0 spiro atoms. The highest BCUT2D eigenvalue weighted by molar-refractivity contribution is 5.77. The maximum Gasteiger partial charge on any atom is 0.303 e. The highest BCUT2D eigenvalue weighted by atomic mass is 16.4. The van der Waals surface area contributed by atoms with Crippen molar-refractivity contribution < 1.29 is 14.7 Å². The summed E-state index contributed by atoms with van der Waals surface area (Å²) in [7, 11) is 0. The molecule has 122 valence electrons. The van der Waals surface area contributed by atoms with Gasteiger partial charge in [-0.15, -0.1) is 6.58 Å². The van der Waals surface area contributed by atoms with Gasteiger partial charge in [-0.2, -0.15) is 0 Å². The first-order valence-electron chi connectivity index (χ1n) is 8.02. The van der Waals surface area contributed by atoms with Crippen LogP contribution in [0.3, 0.4) is 0 Å². The molecular formula is C17H31NO3. The summed E-state index contributed by atoms with van der Waals surface area (Å²) in [6.45, 7) is 9.99. The average molecular weight is 297 g/mol. The lowest BCUT2D eigenvalue weighted by molar-refractivity contribution is -0.138. The van der Waals surface area contributed by atoms with Crippen LogP contribution >= 0.6 is 0 Å². The summed E-state index contributed by atoms with van der Waals surface area (Å²) >= 11 is 0. The molecule has 0 heterocycles. The SMILES string of the molecule is C=C[C@H](CCCCC)NC(=O)C[C@@H](CC(=O)O)CC(C)C. The molecule has 0 unspecified atom stereocenters. The van der Waals surface area contributed by atoms with Crippen molar-refractivity contribution in [3.05, 3.63) is 12.7 Å². The first kappa shape index (κ1) is 19.7. The Kier molecular flexibility index (Phi) is 10.6. The van der Waals surface area contributed by atoms with E-state index >= 15 is 0 Å². The standard InChI is InChI=1S/C17H31NO3/c1-5-7-8-9-15(6-2)18-16(19)11-14(10-13(3)4)12-17(20)21/h6,13-15H,2,5,7-12H2,1,3-4H3,(H,18,19)(H,20,21)/t14-,15+/m0/s1. The zero-order valence-electron chi connectivity index (χ0n) is 13.7. The van der Waals surface area contributed by atoms with Crippen LogP contribution in [0.4, 0.5) is 0 Å². The van der Waals surface area contributed by atoms with Gasteiger partial charge in [0.1, 0.15) is 0 Å². The fourth-order valence-electron chi connectivity index (χ4n) is 2.54. The quantitative estimate of drug-likeness (QED) is 0.426. The topological polar surface area (TPSA) is 66.4 Å². The first-order chi connectivity index (χ1) is 9.88. The molecule has 0 saturated heterocycles. The minimum Gasteiger partial charge on any atom is -0.481 e. The molecule has 0 bridgehead atoms. The molecule has 2 N–H and O–H groups in total. The second-order valence-corrected chi connectivity index (χ2v) is 6.20. The molecule has 0 aliphatic heterocycles. The van der Waals surface area contributed by atoms with Crippen molar-refractivity contribution in [1.29, 1.82) is 0 Å². The predicted molar refractivity (Wildman–Crippen MR) is 86.1 cm³/mol. The molecule has 0 aromatic carbocycles. The maximum atomic E-state index is 12.1. The van der Waals surface area contributed by atoms with E-state index in [1.54, 1.807) is 6.08 Å². The van der Waals surface area contributed by atoms with Gasteiger partial charge in [-0.25, -0.2) is 0 Å². The van der Waals surface area contributed by atoms with E-state index in [4.69, 9.17) is 5.11 Å². The van der Waals surface area contributed by atoms with Gasteiger partial charge in [-0.05, 0) is 24.7 Å². The molecule has 0 aliphatic rings. The third-order valence-corrected chi connectivity index (χ3v) is 3.49. The van der Waals surface area contributed by atoms with Crippen molar-refractivity contribution in [2.24, 2.45) is 11.8 Å². The molecule has 0 aromatic rings. The largest absolute Gasteiger partial charge is 0.481 e. The van der Waals surface area contributed by atoms with Crippen molar-refractivity contribution in [2.75, 3.05) is 0 Å². The summed E-state index contributed by atoms with van der Waals surface area (Å²) in [6, 6.07) is -0.00595. The fraction of sp³-hybridized carbons (Fsp3) is 0.765. The highest BCUT2D eigenvalue weighted by Gasteiger charge is 2.19. The molecule has 0 fully saturated rings. The lowest BCUT2D eigenvalue weighted by Crippen LogP contribution is -2.34. The normalized spacial score (nSPS) is 13.7. The Labute approximate surface area is 129 Å². The first-order valence-corrected chi connectivity index (χ1v) is 8.02. The van der Waals surface area contributed by atoms with Crippen LogP contribution in [0.15, 0.2) is 12.7 Å². The Balaban J connectivity index is 4.32. The van der Waals surface area contributed by atoms with Crippen LogP contribution in [0.1, 0.15) is 65.7 Å². The number of carbonyl (C=O) groups excluding carboxylic acids is 1. The van der Waals surface area contributed by atoms with Crippen LogP contribution in [0.2, 0.25) is 0 Å². The number of carboxylic acid groups (broad SMARTS) is 1. The summed E-state index contributed by atoms with van der Waals surface area (Å²) in [5, 5.41) is 11.9. The zero-order chi connectivity index (χ0) is 16.3. The van der Waals surface area contributed by atoms with Gasteiger partial charge in [0, 0.05) is 18.9 Å². The smallest absolute Gasteiger partial charge is 0.303 e. The minimum atomic E-state index is -0.836. The van der Waals surface area contributed by atoms with Crippen molar-refractivity contribution in [2.45, 2.75) is 71.8 Å². The third kappa shape index (κ3) is 11.1. The number of nitrogens with one attached hydrogen (secondary N) is 1. The molecule has 1 amide bonds. The number of aliphatic carboxylic acids is 1. The van der Waals surface area contributed by atoms with Crippen LogP contribution < -0.4 is 5.32 Å². The third-order valence-electron chi connectivity index (χ3n) is 3.49. The number of hydrogen-bond acceptors (Lipinski definition) is 2. The number of unbranched alkanes of at least 4 members (excludes halogenated alkanes) is 2. The summed E-state index contributed by atoms with van der Waals surface area (Å²) in [5.74, 6) is -0.606. The van der Waals surface area contributed by atoms with Crippen LogP contribution in [0.25, 0.3) is 0 Å². The number of amides is 1. The highest BCUT2D eigenvalue weighted by Crippen LogP contribution is 2.19. The van der Waals surface area contributed by atoms with Crippen molar-refractivity contribution in [3.8, 4) is 0 Å². The lowest BCUT2D eigenvalue weighted by atomic mass is 9.91. The Morgan fingerprint density at radius 2 is 1.90 bits per heavy atom. The molecule has 0 radical (unpaired) electrons. The van der Waals surface area contributed by atoms with Crippen molar-refractivity contribution in [1.82, 2.24) is 5.32 Å². The summed E-state index contributed by atoms with van der Waals surface area (Å²) < 4.78 is 0. The van der Waals surface area contributed by atoms with Crippen molar-refractivity contribution >= 4 is 11.9 Å². The molecule has 4 nitrogen and oxygen atoms in total. The van der Waals surface area contributed by atoms with Gasteiger partial charge in [0.05, 0.1) is 0 Å². The van der Waals surface area contributed by atoms with E-state index < -0.39 is 5.97 Å². The molecular weight excluding hydrogens is 266 g/mol. The molecule has 21 heavy (non-hydrogen) atoms. The Bertz CT molecular complexity index is 326. The van der Waals surface area contributed by atoms with Gasteiger partial charge in [-0.3, -0.25) is 9.59 Å². The molecule has 0 saturated carbocycles. The van der Waals surface area contributed by atoms with Crippen LogP contribution in [0, 0.1) is 11.8 Å². The monoisotopic (exact) mass is 297 g/mol. The Morgan fingerprint density at radius 3 is 2.38 bits per heavy atom. The van der Waals surface area contributed by atoms with E-state index in [2.05, 4.69) is 18.8 Å². The lowest BCUT2D eigenvalue weighted by Gasteiger charge is -2.19. The van der Waals surface area contributed by atoms with E-state index in [1.165, 1.54) is 0 Å². The zero-order valence-corrected chi connectivity index (χ0v) is 13.7. The van der Waals surface area contributed by atoms with Crippen LogP contribution in [0.5, 0.6) is 0 Å². The molecule has 4 heteroatoms. The molecule has 0 aromatic heterocycles. The van der Waals surface area contributed by atoms with Crippen LogP contribution in [-0.2, 0) is 9.59 Å². The van der Waals surface area contributed by atoms with Crippen LogP contribution in [-0.4, -0.2) is 23.0 Å². The molecule has 0 aliphatic carbocycles.